The standard InChI is InChI=1S/C22H17N3O3/c1-28-16-8-6-7-15(13-16)24-21(26)18-10-3-5-12-20(18)25-14-23-19-11-4-2-9-17(19)22(25)27/h2-14H,1H3,(H,24,26). The van der Waals surface area contributed by atoms with Crippen molar-refractivity contribution in [2.75, 3.05) is 12.4 Å². The van der Waals surface area contributed by atoms with Gasteiger partial charge in [-0.25, -0.2) is 4.98 Å². The van der Waals surface area contributed by atoms with Gasteiger partial charge in [0.15, 0.2) is 0 Å². The molecule has 0 unspecified atom stereocenters. The number of carbonyl (C=O) groups is 1. The van der Waals surface area contributed by atoms with Crippen LogP contribution in [-0.4, -0.2) is 22.6 Å². The van der Waals surface area contributed by atoms with Gasteiger partial charge in [0.1, 0.15) is 12.1 Å². The summed E-state index contributed by atoms with van der Waals surface area (Å²) in [5, 5.41) is 3.34. The van der Waals surface area contributed by atoms with Crippen LogP contribution < -0.4 is 15.6 Å². The fraction of sp³-hybridized carbons (Fsp3) is 0.0455. The molecule has 4 rings (SSSR count). The Kier molecular flexibility index (Phi) is 4.60. The lowest BCUT2D eigenvalue weighted by Gasteiger charge is -2.13. The van der Waals surface area contributed by atoms with Crippen molar-refractivity contribution in [3.05, 3.63) is 95.0 Å². The molecule has 0 bridgehead atoms. The molecule has 0 atom stereocenters. The van der Waals surface area contributed by atoms with E-state index in [0.717, 1.165) is 0 Å². The smallest absolute Gasteiger partial charge is 0.265 e. The predicted octanol–water partition coefficient (Wildman–Crippen LogP) is 3.65. The van der Waals surface area contributed by atoms with E-state index in [0.29, 0.717) is 33.6 Å². The minimum atomic E-state index is -0.330. The number of methoxy groups -OCH3 is 1. The number of fused-ring (bicyclic) bond motifs is 1. The number of anilines is 1. The van der Waals surface area contributed by atoms with E-state index in [-0.39, 0.29) is 11.5 Å². The number of nitrogens with one attached hydrogen (secondary N) is 1. The Bertz CT molecular complexity index is 1230. The average Bonchev–Trinajstić information content (AvgIpc) is 2.74. The maximum Gasteiger partial charge on any atom is 0.265 e. The molecule has 0 spiro atoms. The fourth-order valence-corrected chi connectivity index (χ4v) is 3.02. The van der Waals surface area contributed by atoms with Gasteiger partial charge in [0.2, 0.25) is 0 Å². The average molecular weight is 371 g/mol. The number of para-hydroxylation sites is 2. The van der Waals surface area contributed by atoms with Crippen molar-refractivity contribution in [1.29, 1.82) is 0 Å². The van der Waals surface area contributed by atoms with Crippen LogP contribution in [-0.2, 0) is 0 Å². The van der Waals surface area contributed by atoms with E-state index in [1.807, 2.05) is 6.07 Å². The summed E-state index contributed by atoms with van der Waals surface area (Å²) in [5.74, 6) is 0.310. The maximum absolute atomic E-state index is 12.9. The molecule has 4 aromatic rings. The summed E-state index contributed by atoms with van der Waals surface area (Å²) in [5.41, 5.74) is 1.81. The number of ether oxygens (including phenoxy) is 1. The molecule has 0 aliphatic carbocycles. The number of benzene rings is 3. The van der Waals surface area contributed by atoms with Crippen molar-refractivity contribution in [3.8, 4) is 11.4 Å². The molecule has 138 valence electrons. The Morgan fingerprint density at radius 2 is 1.79 bits per heavy atom. The van der Waals surface area contributed by atoms with Crippen molar-refractivity contribution < 1.29 is 9.53 Å². The molecule has 0 saturated carbocycles. The molecule has 6 nitrogen and oxygen atoms in total. The summed E-state index contributed by atoms with van der Waals surface area (Å²) in [6.45, 7) is 0. The Labute approximate surface area is 161 Å². The molecule has 6 heteroatoms. The Hall–Kier alpha value is -3.93. The molecular formula is C22H17N3O3. The minimum Gasteiger partial charge on any atom is -0.497 e. The third-order valence-electron chi connectivity index (χ3n) is 4.40. The maximum atomic E-state index is 12.9. The van der Waals surface area contributed by atoms with Gasteiger partial charge in [-0.15, -0.1) is 0 Å². The predicted molar refractivity (Wildman–Crippen MR) is 108 cm³/mol. The van der Waals surface area contributed by atoms with Crippen LogP contribution in [0.4, 0.5) is 5.69 Å². The van der Waals surface area contributed by atoms with Gasteiger partial charge in [-0.05, 0) is 36.4 Å². The summed E-state index contributed by atoms with van der Waals surface area (Å²) in [7, 11) is 1.56. The molecule has 28 heavy (non-hydrogen) atoms. The minimum absolute atomic E-state index is 0.229. The highest BCUT2D eigenvalue weighted by Crippen LogP contribution is 2.20. The SMILES string of the molecule is COc1cccc(NC(=O)c2ccccc2-n2cnc3ccccc3c2=O)c1. The monoisotopic (exact) mass is 371 g/mol. The van der Waals surface area contributed by atoms with Crippen LogP contribution >= 0.6 is 0 Å². The summed E-state index contributed by atoms with van der Waals surface area (Å²) < 4.78 is 6.58. The van der Waals surface area contributed by atoms with Crippen LogP contribution in [0.1, 0.15) is 10.4 Å². The van der Waals surface area contributed by atoms with Gasteiger partial charge in [0.25, 0.3) is 11.5 Å². The van der Waals surface area contributed by atoms with Crippen LogP contribution in [0.25, 0.3) is 16.6 Å². The molecule has 3 aromatic carbocycles. The molecule has 1 N–H and O–H groups in total. The van der Waals surface area contributed by atoms with E-state index in [1.165, 1.54) is 10.9 Å². The number of aromatic nitrogens is 2. The number of amides is 1. The van der Waals surface area contributed by atoms with Gasteiger partial charge in [-0.2, -0.15) is 0 Å². The van der Waals surface area contributed by atoms with E-state index in [1.54, 1.807) is 73.8 Å². The number of carbonyl (C=O) groups excluding carboxylic acids is 1. The molecule has 1 aromatic heterocycles. The lowest BCUT2D eigenvalue weighted by atomic mass is 10.1. The van der Waals surface area contributed by atoms with Crippen LogP contribution in [0.15, 0.2) is 83.9 Å². The first kappa shape index (κ1) is 17.5. The van der Waals surface area contributed by atoms with E-state index < -0.39 is 0 Å². The molecule has 0 aliphatic heterocycles. The van der Waals surface area contributed by atoms with Crippen molar-refractivity contribution in [3.63, 3.8) is 0 Å². The molecular weight excluding hydrogens is 354 g/mol. The third kappa shape index (κ3) is 3.23. The van der Waals surface area contributed by atoms with Crippen LogP contribution in [0.5, 0.6) is 5.75 Å². The molecule has 0 aliphatic rings. The van der Waals surface area contributed by atoms with Gasteiger partial charge in [0, 0.05) is 11.8 Å². The Morgan fingerprint density at radius 3 is 2.64 bits per heavy atom. The first-order chi connectivity index (χ1) is 13.7. The van der Waals surface area contributed by atoms with E-state index in [2.05, 4.69) is 10.3 Å². The van der Waals surface area contributed by atoms with Gasteiger partial charge >= 0.3 is 0 Å². The van der Waals surface area contributed by atoms with Gasteiger partial charge in [-0.3, -0.25) is 14.2 Å². The first-order valence-electron chi connectivity index (χ1n) is 8.68. The fourth-order valence-electron chi connectivity index (χ4n) is 3.02. The van der Waals surface area contributed by atoms with E-state index in [9.17, 15) is 9.59 Å². The second-order valence-corrected chi connectivity index (χ2v) is 6.14. The quantitative estimate of drug-likeness (QED) is 0.594. The topological polar surface area (TPSA) is 73.2 Å². The highest BCUT2D eigenvalue weighted by atomic mass is 16.5. The molecule has 1 heterocycles. The highest BCUT2D eigenvalue weighted by molar-refractivity contribution is 6.06. The number of nitrogens with zero attached hydrogens (tertiary/aromatic N) is 2. The zero-order valence-corrected chi connectivity index (χ0v) is 15.1. The zero-order chi connectivity index (χ0) is 19.5. The van der Waals surface area contributed by atoms with Crippen molar-refractivity contribution in [2.24, 2.45) is 0 Å². The van der Waals surface area contributed by atoms with Gasteiger partial charge in [-0.1, -0.05) is 30.3 Å². The number of rotatable bonds is 4. The molecule has 1 amide bonds. The second kappa shape index (κ2) is 7.36. The Balaban J connectivity index is 1.76. The van der Waals surface area contributed by atoms with Crippen LogP contribution in [0.2, 0.25) is 0 Å². The van der Waals surface area contributed by atoms with Crippen molar-refractivity contribution in [2.45, 2.75) is 0 Å². The number of hydrogen-bond donors (Lipinski definition) is 1. The molecule has 0 radical (unpaired) electrons. The summed E-state index contributed by atoms with van der Waals surface area (Å²) in [6, 6.07) is 21.1. The molecule has 0 saturated heterocycles. The van der Waals surface area contributed by atoms with Crippen LogP contribution in [0, 0.1) is 0 Å². The largest absolute Gasteiger partial charge is 0.497 e. The molecule has 0 fully saturated rings. The van der Waals surface area contributed by atoms with Gasteiger partial charge in [0.05, 0.1) is 29.3 Å². The third-order valence-corrected chi connectivity index (χ3v) is 4.40. The highest BCUT2D eigenvalue weighted by Gasteiger charge is 2.15. The van der Waals surface area contributed by atoms with E-state index in [4.69, 9.17) is 4.74 Å². The summed E-state index contributed by atoms with van der Waals surface area (Å²) >= 11 is 0. The first-order valence-corrected chi connectivity index (χ1v) is 8.68. The normalized spacial score (nSPS) is 10.6. The zero-order valence-electron chi connectivity index (χ0n) is 15.1. The Morgan fingerprint density at radius 1 is 1.00 bits per heavy atom. The van der Waals surface area contributed by atoms with E-state index >= 15 is 0 Å². The summed E-state index contributed by atoms with van der Waals surface area (Å²) in [6.07, 6.45) is 1.45. The lowest BCUT2D eigenvalue weighted by molar-refractivity contribution is 0.102. The van der Waals surface area contributed by atoms with Crippen molar-refractivity contribution in [1.82, 2.24) is 9.55 Å². The second-order valence-electron chi connectivity index (χ2n) is 6.14. The number of hydrogen-bond acceptors (Lipinski definition) is 4. The van der Waals surface area contributed by atoms with Gasteiger partial charge < -0.3 is 10.1 Å². The van der Waals surface area contributed by atoms with Crippen molar-refractivity contribution >= 4 is 22.5 Å². The lowest BCUT2D eigenvalue weighted by Crippen LogP contribution is -2.22. The van der Waals surface area contributed by atoms with Crippen LogP contribution in [0.3, 0.4) is 0 Å². The summed E-state index contributed by atoms with van der Waals surface area (Å²) in [4.78, 5) is 30.2.